The number of nitrogens with zero attached hydrogens (tertiary/aromatic N) is 1. The smallest absolute Gasteiger partial charge is 0.123 e. The number of phenolic OH excluding ortho intramolecular Hbond substituents is 1. The van der Waals surface area contributed by atoms with Crippen molar-refractivity contribution in [3.05, 3.63) is 29.6 Å². The first-order valence-electron chi connectivity index (χ1n) is 5.83. The van der Waals surface area contributed by atoms with E-state index in [9.17, 15) is 9.50 Å². The lowest BCUT2D eigenvalue weighted by molar-refractivity contribution is 0.201. The first-order valence-corrected chi connectivity index (χ1v) is 5.83. The predicted octanol–water partition coefficient (Wildman–Crippen LogP) is 3.08. The van der Waals surface area contributed by atoms with Gasteiger partial charge < -0.3 is 5.11 Å². The molecule has 1 heterocycles. The van der Waals surface area contributed by atoms with E-state index < -0.39 is 0 Å². The number of benzene rings is 1. The third-order valence-corrected chi connectivity index (χ3v) is 3.54. The molecule has 16 heavy (non-hydrogen) atoms. The minimum Gasteiger partial charge on any atom is -0.508 e. The molecule has 0 aliphatic carbocycles. The summed E-state index contributed by atoms with van der Waals surface area (Å²) in [6.45, 7) is 5.23. The lowest BCUT2D eigenvalue weighted by Crippen LogP contribution is -2.29. The highest BCUT2D eigenvalue weighted by Gasteiger charge is 2.27. The molecule has 1 saturated heterocycles. The van der Waals surface area contributed by atoms with Gasteiger partial charge in [-0.05, 0) is 51.4 Å². The highest BCUT2D eigenvalue weighted by atomic mass is 19.1. The molecule has 88 valence electrons. The van der Waals surface area contributed by atoms with Gasteiger partial charge in [0.25, 0.3) is 0 Å². The number of hydrogen-bond donors (Lipinski definition) is 1. The molecule has 1 N–H and O–H groups in total. The molecule has 3 heteroatoms. The van der Waals surface area contributed by atoms with Crippen molar-refractivity contribution in [1.82, 2.24) is 4.90 Å². The van der Waals surface area contributed by atoms with Crippen LogP contribution in [0.25, 0.3) is 0 Å². The van der Waals surface area contributed by atoms with Gasteiger partial charge in [0.1, 0.15) is 11.6 Å². The highest BCUT2D eigenvalue weighted by molar-refractivity contribution is 5.35. The van der Waals surface area contributed by atoms with Crippen molar-refractivity contribution in [2.45, 2.75) is 38.8 Å². The standard InChI is InChI=1S/C13H18FNO/c1-9-4-3-7-15(9)10(2)12-8-11(14)5-6-13(12)16/h5-6,8-10,16H,3-4,7H2,1-2H3. The number of hydrogen-bond acceptors (Lipinski definition) is 2. The summed E-state index contributed by atoms with van der Waals surface area (Å²) in [5, 5.41) is 9.76. The van der Waals surface area contributed by atoms with Crippen molar-refractivity contribution < 1.29 is 9.50 Å². The van der Waals surface area contributed by atoms with Crippen molar-refractivity contribution in [3.63, 3.8) is 0 Å². The fourth-order valence-corrected chi connectivity index (χ4v) is 2.57. The molecule has 2 rings (SSSR count). The van der Waals surface area contributed by atoms with Crippen molar-refractivity contribution >= 4 is 0 Å². The van der Waals surface area contributed by atoms with Crippen molar-refractivity contribution in [1.29, 1.82) is 0 Å². The van der Waals surface area contributed by atoms with Gasteiger partial charge in [0.15, 0.2) is 0 Å². The SMILES string of the molecule is CC1CCCN1C(C)c1cc(F)ccc1O. The van der Waals surface area contributed by atoms with Gasteiger partial charge in [0.05, 0.1) is 0 Å². The molecule has 0 saturated carbocycles. The number of likely N-dealkylation sites (tertiary alicyclic amines) is 1. The minimum atomic E-state index is -0.286. The van der Waals surface area contributed by atoms with Gasteiger partial charge in [0.2, 0.25) is 0 Å². The number of halogens is 1. The second-order valence-electron chi connectivity index (χ2n) is 4.61. The summed E-state index contributed by atoms with van der Waals surface area (Å²) in [5.41, 5.74) is 0.689. The molecule has 1 aromatic rings. The topological polar surface area (TPSA) is 23.5 Å². The van der Waals surface area contributed by atoms with Gasteiger partial charge in [-0.1, -0.05) is 0 Å². The van der Waals surface area contributed by atoms with Crippen molar-refractivity contribution in [3.8, 4) is 5.75 Å². The van der Waals surface area contributed by atoms with Crippen LogP contribution in [0.15, 0.2) is 18.2 Å². The van der Waals surface area contributed by atoms with Crippen LogP contribution in [0.2, 0.25) is 0 Å². The average molecular weight is 223 g/mol. The summed E-state index contributed by atoms with van der Waals surface area (Å²) in [4.78, 5) is 2.31. The zero-order valence-electron chi connectivity index (χ0n) is 9.78. The first-order chi connectivity index (χ1) is 7.59. The molecule has 2 nitrogen and oxygen atoms in total. The number of phenols is 1. The second-order valence-corrected chi connectivity index (χ2v) is 4.61. The number of aromatic hydroxyl groups is 1. The largest absolute Gasteiger partial charge is 0.508 e. The molecule has 0 radical (unpaired) electrons. The Kier molecular flexibility index (Phi) is 3.15. The molecular weight excluding hydrogens is 205 g/mol. The summed E-state index contributed by atoms with van der Waals surface area (Å²) in [6.07, 6.45) is 2.36. The van der Waals surface area contributed by atoms with E-state index in [0.717, 1.165) is 6.54 Å². The quantitative estimate of drug-likeness (QED) is 0.832. The van der Waals surface area contributed by atoms with Gasteiger partial charge in [0, 0.05) is 17.6 Å². The molecule has 1 aliphatic heterocycles. The second kappa shape index (κ2) is 4.42. The zero-order valence-corrected chi connectivity index (χ0v) is 9.78. The monoisotopic (exact) mass is 223 g/mol. The van der Waals surface area contributed by atoms with Gasteiger partial charge in [-0.2, -0.15) is 0 Å². The maximum Gasteiger partial charge on any atom is 0.123 e. The lowest BCUT2D eigenvalue weighted by Gasteiger charge is -2.29. The molecule has 1 fully saturated rings. The van der Waals surface area contributed by atoms with Crippen molar-refractivity contribution in [2.75, 3.05) is 6.54 Å². The van der Waals surface area contributed by atoms with Crippen molar-refractivity contribution in [2.24, 2.45) is 0 Å². The predicted molar refractivity (Wildman–Crippen MR) is 61.9 cm³/mol. The van der Waals surface area contributed by atoms with Crippen LogP contribution < -0.4 is 0 Å². The molecule has 0 bridgehead atoms. The summed E-state index contributed by atoms with van der Waals surface area (Å²) in [6, 6.07) is 4.75. The van der Waals surface area contributed by atoms with E-state index in [2.05, 4.69) is 11.8 Å². The summed E-state index contributed by atoms with van der Waals surface area (Å²) in [5.74, 6) is -0.0977. The first kappa shape index (κ1) is 11.4. The maximum absolute atomic E-state index is 13.2. The molecule has 0 spiro atoms. The Labute approximate surface area is 95.7 Å². The molecule has 0 amide bonds. The molecule has 0 aromatic heterocycles. The maximum atomic E-state index is 13.2. The van der Waals surface area contributed by atoms with Crippen LogP contribution in [0.1, 0.15) is 38.3 Å². The molecule has 2 atom stereocenters. The van der Waals surface area contributed by atoms with Gasteiger partial charge >= 0.3 is 0 Å². The van der Waals surface area contributed by atoms with Crippen LogP contribution in [-0.4, -0.2) is 22.6 Å². The van der Waals surface area contributed by atoms with Gasteiger partial charge in [-0.15, -0.1) is 0 Å². The number of rotatable bonds is 2. The van der Waals surface area contributed by atoms with E-state index in [0.29, 0.717) is 11.6 Å². The Bertz CT molecular complexity index is 380. The van der Waals surface area contributed by atoms with Crippen LogP contribution in [-0.2, 0) is 0 Å². The fraction of sp³-hybridized carbons (Fsp3) is 0.538. The molecule has 1 aliphatic rings. The zero-order chi connectivity index (χ0) is 11.7. The van der Waals surface area contributed by atoms with E-state index in [1.54, 1.807) is 0 Å². The Balaban J connectivity index is 2.25. The van der Waals surface area contributed by atoms with Crippen LogP contribution in [0.5, 0.6) is 5.75 Å². The van der Waals surface area contributed by atoms with E-state index in [-0.39, 0.29) is 17.6 Å². The average Bonchev–Trinajstić information content (AvgIpc) is 2.67. The highest BCUT2D eigenvalue weighted by Crippen LogP contribution is 2.33. The van der Waals surface area contributed by atoms with Gasteiger partial charge in [-0.25, -0.2) is 4.39 Å². The Morgan fingerprint density at radius 1 is 1.50 bits per heavy atom. The summed E-state index contributed by atoms with van der Waals surface area (Å²) in [7, 11) is 0. The van der Waals surface area contributed by atoms with E-state index in [1.165, 1.54) is 31.0 Å². The van der Waals surface area contributed by atoms with Gasteiger partial charge in [-0.3, -0.25) is 4.90 Å². The Hall–Kier alpha value is -1.09. The summed E-state index contributed by atoms with van der Waals surface area (Å²) >= 11 is 0. The van der Waals surface area contributed by atoms with E-state index in [1.807, 2.05) is 6.92 Å². The third-order valence-electron chi connectivity index (χ3n) is 3.54. The molecular formula is C13H18FNO. The van der Waals surface area contributed by atoms with Crippen LogP contribution in [0.3, 0.4) is 0 Å². The van der Waals surface area contributed by atoms with E-state index >= 15 is 0 Å². The van der Waals surface area contributed by atoms with Crippen LogP contribution >= 0.6 is 0 Å². The molecule has 2 unspecified atom stereocenters. The third kappa shape index (κ3) is 2.05. The minimum absolute atomic E-state index is 0.0770. The van der Waals surface area contributed by atoms with Crippen LogP contribution in [0, 0.1) is 5.82 Å². The van der Waals surface area contributed by atoms with E-state index in [4.69, 9.17) is 0 Å². The Morgan fingerprint density at radius 3 is 2.88 bits per heavy atom. The summed E-state index contributed by atoms with van der Waals surface area (Å²) < 4.78 is 13.2. The normalized spacial score (nSPS) is 23.6. The Morgan fingerprint density at radius 2 is 2.25 bits per heavy atom. The fourth-order valence-electron chi connectivity index (χ4n) is 2.57. The lowest BCUT2D eigenvalue weighted by atomic mass is 10.0. The van der Waals surface area contributed by atoms with Crippen LogP contribution in [0.4, 0.5) is 4.39 Å². The molecule has 1 aromatic carbocycles.